The van der Waals surface area contributed by atoms with Crippen molar-refractivity contribution in [3.05, 3.63) is 27.9 Å². The summed E-state index contributed by atoms with van der Waals surface area (Å²) in [6.07, 6.45) is 5.24. The lowest BCUT2D eigenvalue weighted by atomic mass is 10.1. The molecule has 8 heteroatoms. The van der Waals surface area contributed by atoms with Crippen LogP contribution in [0.4, 0.5) is 11.5 Å². The second-order valence-electron chi connectivity index (χ2n) is 4.85. The van der Waals surface area contributed by atoms with Crippen LogP contribution in [-0.2, 0) is 4.74 Å². The number of ether oxygens (including phenoxy) is 1. The average molecular weight is 295 g/mol. The fourth-order valence-corrected chi connectivity index (χ4v) is 2.26. The van der Waals surface area contributed by atoms with Crippen LogP contribution in [-0.4, -0.2) is 40.2 Å². The highest BCUT2D eigenvalue weighted by Gasteiger charge is 2.21. The zero-order chi connectivity index (χ0) is 15.2. The number of anilines is 1. The van der Waals surface area contributed by atoms with Crippen LogP contribution in [0.3, 0.4) is 0 Å². The average Bonchev–Trinajstić information content (AvgIpc) is 2.48. The quantitative estimate of drug-likeness (QED) is 0.609. The van der Waals surface area contributed by atoms with E-state index in [4.69, 9.17) is 9.84 Å². The Labute approximate surface area is 121 Å². The molecule has 0 bridgehead atoms. The van der Waals surface area contributed by atoms with Crippen LogP contribution in [0.25, 0.3) is 0 Å². The highest BCUT2D eigenvalue weighted by atomic mass is 16.6. The summed E-state index contributed by atoms with van der Waals surface area (Å²) >= 11 is 0. The van der Waals surface area contributed by atoms with Gasteiger partial charge in [-0.15, -0.1) is 0 Å². The Morgan fingerprint density at radius 1 is 1.57 bits per heavy atom. The molecule has 1 unspecified atom stereocenters. The Morgan fingerprint density at radius 2 is 2.38 bits per heavy atom. The maximum Gasteiger partial charge on any atom is 0.342 e. The maximum atomic E-state index is 11.0. The normalized spacial score (nSPS) is 18.2. The van der Waals surface area contributed by atoms with Gasteiger partial charge in [0.15, 0.2) is 0 Å². The molecule has 0 aromatic carbocycles. The number of nitrogens with zero attached hydrogens (tertiary/aromatic N) is 2. The van der Waals surface area contributed by atoms with Gasteiger partial charge in [-0.2, -0.15) is 0 Å². The molecule has 2 rings (SSSR count). The van der Waals surface area contributed by atoms with Gasteiger partial charge < -0.3 is 15.2 Å². The highest BCUT2D eigenvalue weighted by molar-refractivity contribution is 5.93. The molecule has 21 heavy (non-hydrogen) atoms. The lowest BCUT2D eigenvalue weighted by Crippen LogP contribution is -2.22. The maximum absolute atomic E-state index is 11.0. The van der Waals surface area contributed by atoms with Crippen molar-refractivity contribution < 1.29 is 19.6 Å². The first-order valence-electron chi connectivity index (χ1n) is 6.81. The second-order valence-corrected chi connectivity index (χ2v) is 4.85. The lowest BCUT2D eigenvalue weighted by molar-refractivity contribution is -0.385. The molecule has 0 spiro atoms. The topological polar surface area (TPSA) is 115 Å². The molecule has 0 amide bonds. The van der Waals surface area contributed by atoms with E-state index in [1.807, 2.05) is 0 Å². The third kappa shape index (κ3) is 4.12. The summed E-state index contributed by atoms with van der Waals surface area (Å²) in [5.74, 6) is -1.03. The van der Waals surface area contributed by atoms with E-state index in [9.17, 15) is 14.9 Å². The molecule has 2 N–H and O–H groups in total. The molecule has 0 saturated carbocycles. The first-order valence-corrected chi connectivity index (χ1v) is 6.81. The van der Waals surface area contributed by atoms with E-state index >= 15 is 0 Å². The van der Waals surface area contributed by atoms with Crippen LogP contribution in [0, 0.1) is 10.1 Å². The van der Waals surface area contributed by atoms with Crippen LogP contribution in [0.1, 0.15) is 36.0 Å². The van der Waals surface area contributed by atoms with Gasteiger partial charge >= 0.3 is 11.7 Å². The summed E-state index contributed by atoms with van der Waals surface area (Å²) in [4.78, 5) is 24.9. The van der Waals surface area contributed by atoms with Gasteiger partial charge in [-0.1, -0.05) is 0 Å². The number of aromatic nitrogens is 1. The van der Waals surface area contributed by atoms with Crippen LogP contribution in [0.5, 0.6) is 0 Å². The molecule has 0 aliphatic carbocycles. The number of nitro groups is 1. The van der Waals surface area contributed by atoms with E-state index in [-0.39, 0.29) is 11.7 Å². The number of rotatable bonds is 6. The fourth-order valence-electron chi connectivity index (χ4n) is 2.26. The Balaban J connectivity index is 1.95. The van der Waals surface area contributed by atoms with Gasteiger partial charge in [-0.05, 0) is 25.7 Å². The van der Waals surface area contributed by atoms with Gasteiger partial charge in [0.25, 0.3) is 0 Å². The number of carbonyl (C=O) groups is 1. The molecule has 8 nitrogen and oxygen atoms in total. The summed E-state index contributed by atoms with van der Waals surface area (Å²) < 4.78 is 5.58. The highest BCUT2D eigenvalue weighted by Crippen LogP contribution is 2.21. The molecule has 0 radical (unpaired) electrons. The van der Waals surface area contributed by atoms with Gasteiger partial charge in [-0.3, -0.25) is 10.1 Å². The summed E-state index contributed by atoms with van der Waals surface area (Å²) in [5.41, 5.74) is -0.880. The van der Waals surface area contributed by atoms with Crippen molar-refractivity contribution in [2.45, 2.75) is 31.8 Å². The number of carboxylic acid groups (broad SMARTS) is 1. The number of hydrogen-bond donors (Lipinski definition) is 2. The zero-order valence-corrected chi connectivity index (χ0v) is 11.4. The first kappa shape index (κ1) is 15.2. The third-order valence-electron chi connectivity index (χ3n) is 3.36. The van der Waals surface area contributed by atoms with Crippen LogP contribution in [0.2, 0.25) is 0 Å². The molecule has 1 aliphatic rings. The minimum absolute atomic E-state index is 0.211. The van der Waals surface area contributed by atoms with Crippen molar-refractivity contribution in [2.75, 3.05) is 18.5 Å². The van der Waals surface area contributed by atoms with Crippen molar-refractivity contribution in [3.63, 3.8) is 0 Å². The SMILES string of the molecule is O=C(O)c1cc(NCCC2CCCCO2)ncc1[N+](=O)[O-]. The molecule has 1 aromatic heterocycles. The predicted molar refractivity (Wildman–Crippen MR) is 74.5 cm³/mol. The number of carboxylic acids is 1. The van der Waals surface area contributed by atoms with Crippen LogP contribution < -0.4 is 5.32 Å². The first-order chi connectivity index (χ1) is 10.1. The molecular formula is C13H17N3O5. The smallest absolute Gasteiger partial charge is 0.342 e. The number of hydrogen-bond acceptors (Lipinski definition) is 6. The standard InChI is InChI=1S/C13H17N3O5/c17-13(18)10-7-12(15-8-11(10)16(19)20)14-5-4-9-3-1-2-6-21-9/h7-9H,1-6H2,(H,14,15)(H,17,18). The summed E-state index contributed by atoms with van der Waals surface area (Å²) in [6.45, 7) is 1.36. The van der Waals surface area contributed by atoms with Crippen LogP contribution in [0.15, 0.2) is 12.3 Å². The number of pyridine rings is 1. The van der Waals surface area contributed by atoms with E-state index in [1.54, 1.807) is 0 Å². The van der Waals surface area contributed by atoms with Gasteiger partial charge in [0, 0.05) is 19.2 Å². The molecule has 1 fully saturated rings. The molecule has 1 aromatic rings. The van der Waals surface area contributed by atoms with Crippen molar-refractivity contribution in [1.29, 1.82) is 0 Å². The molecular weight excluding hydrogens is 278 g/mol. The zero-order valence-electron chi connectivity index (χ0n) is 11.4. The van der Waals surface area contributed by atoms with Gasteiger partial charge in [0.05, 0.1) is 11.0 Å². The van der Waals surface area contributed by atoms with Gasteiger partial charge in [-0.25, -0.2) is 9.78 Å². The Hall–Kier alpha value is -2.22. The van der Waals surface area contributed by atoms with Gasteiger partial charge in [0.2, 0.25) is 0 Å². The van der Waals surface area contributed by atoms with E-state index in [0.29, 0.717) is 12.4 Å². The van der Waals surface area contributed by atoms with E-state index in [1.165, 1.54) is 6.07 Å². The Kier molecular flexibility index (Phi) is 5.04. The Bertz CT molecular complexity index is 529. The van der Waals surface area contributed by atoms with Gasteiger partial charge in [0.1, 0.15) is 17.6 Å². The van der Waals surface area contributed by atoms with E-state index < -0.39 is 16.6 Å². The second kappa shape index (κ2) is 6.98. The van der Waals surface area contributed by atoms with E-state index in [0.717, 1.165) is 38.5 Å². The van der Waals surface area contributed by atoms with Crippen LogP contribution >= 0.6 is 0 Å². The molecule has 1 saturated heterocycles. The summed E-state index contributed by atoms with van der Waals surface area (Å²) in [7, 11) is 0. The van der Waals surface area contributed by atoms with Crippen molar-refractivity contribution >= 4 is 17.5 Å². The minimum Gasteiger partial charge on any atom is -0.477 e. The minimum atomic E-state index is -1.34. The van der Waals surface area contributed by atoms with Crippen molar-refractivity contribution in [2.24, 2.45) is 0 Å². The molecule has 2 heterocycles. The molecule has 1 aliphatic heterocycles. The third-order valence-corrected chi connectivity index (χ3v) is 3.36. The predicted octanol–water partition coefficient (Wildman–Crippen LogP) is 2.06. The van der Waals surface area contributed by atoms with Crippen molar-refractivity contribution in [1.82, 2.24) is 4.98 Å². The summed E-state index contributed by atoms with van der Waals surface area (Å²) in [6, 6.07) is 1.18. The van der Waals surface area contributed by atoms with E-state index in [2.05, 4.69) is 10.3 Å². The summed E-state index contributed by atoms with van der Waals surface area (Å²) in [5, 5.41) is 22.7. The monoisotopic (exact) mass is 295 g/mol. The fraction of sp³-hybridized carbons (Fsp3) is 0.538. The molecule has 114 valence electrons. The number of nitrogens with one attached hydrogen (secondary N) is 1. The Morgan fingerprint density at radius 3 is 3.00 bits per heavy atom. The van der Waals surface area contributed by atoms with Crippen molar-refractivity contribution in [3.8, 4) is 0 Å². The lowest BCUT2D eigenvalue weighted by Gasteiger charge is -2.22. The largest absolute Gasteiger partial charge is 0.477 e. The number of aromatic carboxylic acids is 1. The molecule has 1 atom stereocenters.